The van der Waals surface area contributed by atoms with E-state index < -0.39 is 0 Å². The molecular formula is C12H14N4O. The first-order chi connectivity index (χ1) is 8.16. The Morgan fingerprint density at radius 2 is 2.00 bits per heavy atom. The highest BCUT2D eigenvalue weighted by Gasteiger charge is 2.10. The SMILES string of the molecule is CN(C)NC(=O)c1cc(-c2ccccc2)n[nH]1. The molecule has 1 aromatic carbocycles. The number of hydrogen-bond donors (Lipinski definition) is 2. The predicted octanol–water partition coefficient (Wildman–Crippen LogP) is 1.28. The van der Waals surface area contributed by atoms with Crippen molar-refractivity contribution in [3.05, 3.63) is 42.1 Å². The summed E-state index contributed by atoms with van der Waals surface area (Å²) in [7, 11) is 3.51. The van der Waals surface area contributed by atoms with Crippen LogP contribution in [0.1, 0.15) is 10.5 Å². The van der Waals surface area contributed by atoms with Crippen LogP contribution in [0.2, 0.25) is 0 Å². The van der Waals surface area contributed by atoms with Crippen LogP contribution in [0, 0.1) is 0 Å². The zero-order chi connectivity index (χ0) is 12.3. The zero-order valence-electron chi connectivity index (χ0n) is 9.77. The smallest absolute Gasteiger partial charge is 0.283 e. The number of hydrazine groups is 1. The van der Waals surface area contributed by atoms with E-state index in [9.17, 15) is 4.79 Å². The summed E-state index contributed by atoms with van der Waals surface area (Å²) in [6, 6.07) is 11.4. The first-order valence-corrected chi connectivity index (χ1v) is 5.26. The van der Waals surface area contributed by atoms with Crippen LogP contribution in [0.5, 0.6) is 0 Å². The molecule has 0 spiro atoms. The van der Waals surface area contributed by atoms with Crippen molar-refractivity contribution in [2.75, 3.05) is 14.1 Å². The first-order valence-electron chi connectivity index (χ1n) is 5.26. The maximum Gasteiger partial charge on any atom is 0.283 e. The van der Waals surface area contributed by atoms with Crippen molar-refractivity contribution in [3.63, 3.8) is 0 Å². The minimum absolute atomic E-state index is 0.204. The van der Waals surface area contributed by atoms with E-state index in [1.165, 1.54) is 0 Å². The van der Waals surface area contributed by atoms with Crippen LogP contribution < -0.4 is 5.43 Å². The summed E-state index contributed by atoms with van der Waals surface area (Å²) in [6.45, 7) is 0. The molecule has 0 saturated carbocycles. The van der Waals surface area contributed by atoms with E-state index in [-0.39, 0.29) is 5.91 Å². The van der Waals surface area contributed by atoms with Gasteiger partial charge in [-0.2, -0.15) is 5.10 Å². The third-order valence-electron chi connectivity index (χ3n) is 2.22. The van der Waals surface area contributed by atoms with E-state index in [0.717, 1.165) is 11.3 Å². The lowest BCUT2D eigenvalue weighted by atomic mass is 10.1. The highest BCUT2D eigenvalue weighted by Crippen LogP contribution is 2.16. The van der Waals surface area contributed by atoms with Crippen molar-refractivity contribution in [2.45, 2.75) is 0 Å². The summed E-state index contributed by atoms with van der Waals surface area (Å²) in [5.41, 5.74) is 4.83. The lowest BCUT2D eigenvalue weighted by molar-refractivity contribution is 0.0851. The Hall–Kier alpha value is -2.14. The Morgan fingerprint density at radius 3 is 2.65 bits per heavy atom. The second kappa shape index (κ2) is 4.80. The van der Waals surface area contributed by atoms with Crippen molar-refractivity contribution in [3.8, 4) is 11.3 Å². The molecule has 2 aromatic rings. The van der Waals surface area contributed by atoms with Crippen molar-refractivity contribution in [2.24, 2.45) is 0 Å². The van der Waals surface area contributed by atoms with E-state index in [0.29, 0.717) is 5.69 Å². The summed E-state index contributed by atoms with van der Waals surface area (Å²) in [6.07, 6.45) is 0. The zero-order valence-corrected chi connectivity index (χ0v) is 9.77. The number of carbonyl (C=O) groups is 1. The summed E-state index contributed by atoms with van der Waals surface area (Å²) in [5, 5.41) is 8.42. The van der Waals surface area contributed by atoms with Gasteiger partial charge in [-0.25, -0.2) is 5.01 Å². The van der Waals surface area contributed by atoms with E-state index >= 15 is 0 Å². The number of hydrogen-bond acceptors (Lipinski definition) is 3. The summed E-state index contributed by atoms with van der Waals surface area (Å²) in [4.78, 5) is 11.7. The lowest BCUT2D eigenvalue weighted by Gasteiger charge is -2.09. The summed E-state index contributed by atoms with van der Waals surface area (Å²) in [5.74, 6) is -0.204. The second-order valence-corrected chi connectivity index (χ2v) is 3.87. The van der Waals surface area contributed by atoms with Gasteiger partial charge < -0.3 is 0 Å². The summed E-state index contributed by atoms with van der Waals surface area (Å²) >= 11 is 0. The van der Waals surface area contributed by atoms with Crippen LogP contribution in [0.3, 0.4) is 0 Å². The molecule has 17 heavy (non-hydrogen) atoms. The molecular weight excluding hydrogens is 216 g/mol. The van der Waals surface area contributed by atoms with E-state index in [2.05, 4.69) is 15.6 Å². The van der Waals surface area contributed by atoms with Crippen LogP contribution >= 0.6 is 0 Å². The number of H-pyrrole nitrogens is 1. The average molecular weight is 230 g/mol. The number of amides is 1. The number of aromatic amines is 1. The minimum atomic E-state index is -0.204. The molecule has 0 atom stereocenters. The predicted molar refractivity (Wildman–Crippen MR) is 65.2 cm³/mol. The third-order valence-corrected chi connectivity index (χ3v) is 2.22. The molecule has 1 aromatic heterocycles. The molecule has 0 aliphatic rings. The van der Waals surface area contributed by atoms with Gasteiger partial charge in [0, 0.05) is 19.7 Å². The number of nitrogens with zero attached hydrogens (tertiary/aromatic N) is 2. The molecule has 0 radical (unpaired) electrons. The molecule has 2 N–H and O–H groups in total. The third kappa shape index (κ3) is 2.70. The standard InChI is InChI=1S/C12H14N4O/c1-16(2)15-12(17)11-8-10(13-14-11)9-6-4-3-5-7-9/h3-8H,1-2H3,(H,13,14)(H,15,17). The fraction of sp³-hybridized carbons (Fsp3) is 0.167. The van der Waals surface area contributed by atoms with Gasteiger partial charge in [0.25, 0.3) is 5.91 Å². The van der Waals surface area contributed by atoms with Crippen molar-refractivity contribution >= 4 is 5.91 Å². The molecule has 88 valence electrons. The Bertz CT molecular complexity index is 504. The van der Waals surface area contributed by atoms with E-state index in [1.54, 1.807) is 25.2 Å². The highest BCUT2D eigenvalue weighted by molar-refractivity contribution is 5.92. The van der Waals surface area contributed by atoms with Crippen molar-refractivity contribution < 1.29 is 4.79 Å². The number of rotatable bonds is 3. The molecule has 0 unspecified atom stereocenters. The fourth-order valence-electron chi connectivity index (χ4n) is 1.46. The minimum Gasteiger partial charge on any atom is -0.284 e. The van der Waals surface area contributed by atoms with Crippen LogP contribution in [0.15, 0.2) is 36.4 Å². The molecule has 1 amide bonds. The second-order valence-electron chi connectivity index (χ2n) is 3.87. The highest BCUT2D eigenvalue weighted by atomic mass is 16.2. The Morgan fingerprint density at radius 1 is 1.29 bits per heavy atom. The Labute approximate surface area is 99.4 Å². The molecule has 0 saturated heterocycles. The number of benzene rings is 1. The maximum atomic E-state index is 11.7. The average Bonchev–Trinajstić information content (AvgIpc) is 2.78. The number of aromatic nitrogens is 2. The first kappa shape index (κ1) is 11.3. The molecule has 1 heterocycles. The molecule has 0 aliphatic heterocycles. The molecule has 0 fully saturated rings. The van der Waals surface area contributed by atoms with Gasteiger partial charge in [-0.15, -0.1) is 0 Å². The van der Waals surface area contributed by atoms with Gasteiger partial charge in [-0.05, 0) is 6.07 Å². The van der Waals surface area contributed by atoms with E-state index in [1.807, 2.05) is 30.3 Å². The van der Waals surface area contributed by atoms with Crippen LogP contribution in [-0.4, -0.2) is 35.2 Å². The van der Waals surface area contributed by atoms with Crippen molar-refractivity contribution in [1.82, 2.24) is 20.6 Å². The number of carbonyl (C=O) groups excluding carboxylic acids is 1. The molecule has 5 nitrogen and oxygen atoms in total. The van der Waals surface area contributed by atoms with Gasteiger partial charge in [0.1, 0.15) is 5.69 Å². The van der Waals surface area contributed by atoms with Crippen LogP contribution in [-0.2, 0) is 0 Å². The topological polar surface area (TPSA) is 61.0 Å². The van der Waals surface area contributed by atoms with Gasteiger partial charge in [0.15, 0.2) is 0 Å². The normalized spacial score (nSPS) is 10.5. The van der Waals surface area contributed by atoms with Gasteiger partial charge in [-0.1, -0.05) is 30.3 Å². The van der Waals surface area contributed by atoms with Gasteiger partial charge in [0.05, 0.1) is 5.69 Å². The van der Waals surface area contributed by atoms with Gasteiger partial charge >= 0.3 is 0 Å². The van der Waals surface area contributed by atoms with Gasteiger partial charge in [-0.3, -0.25) is 15.3 Å². The molecule has 5 heteroatoms. The molecule has 2 rings (SSSR count). The largest absolute Gasteiger partial charge is 0.284 e. The van der Waals surface area contributed by atoms with Crippen molar-refractivity contribution in [1.29, 1.82) is 0 Å². The van der Waals surface area contributed by atoms with E-state index in [4.69, 9.17) is 0 Å². The number of nitrogens with one attached hydrogen (secondary N) is 2. The quantitative estimate of drug-likeness (QED) is 0.781. The van der Waals surface area contributed by atoms with Crippen LogP contribution in [0.25, 0.3) is 11.3 Å². The maximum absolute atomic E-state index is 11.7. The molecule has 0 bridgehead atoms. The fourth-order valence-corrected chi connectivity index (χ4v) is 1.46. The Balaban J connectivity index is 2.19. The Kier molecular flexibility index (Phi) is 3.20. The summed E-state index contributed by atoms with van der Waals surface area (Å²) < 4.78 is 0. The molecule has 0 aliphatic carbocycles. The van der Waals surface area contributed by atoms with Crippen LogP contribution in [0.4, 0.5) is 0 Å². The monoisotopic (exact) mass is 230 g/mol. The van der Waals surface area contributed by atoms with Gasteiger partial charge in [0.2, 0.25) is 0 Å². The lowest BCUT2D eigenvalue weighted by Crippen LogP contribution is -2.36.